The second-order valence-electron chi connectivity index (χ2n) is 5.69. The van der Waals surface area contributed by atoms with Crippen LogP contribution in [0, 0.1) is 6.92 Å². The first-order valence-electron chi connectivity index (χ1n) is 7.21. The molecule has 0 fully saturated rings. The van der Waals surface area contributed by atoms with E-state index in [9.17, 15) is 4.79 Å². The van der Waals surface area contributed by atoms with Gasteiger partial charge in [0.05, 0.1) is 8.07 Å². The smallest absolute Gasteiger partial charge is 0.163 e. The highest BCUT2D eigenvalue weighted by atomic mass is 28.3. The number of aryl methyl sites for hydroxylation is 1. The molecule has 18 heavy (non-hydrogen) atoms. The third-order valence-corrected chi connectivity index (χ3v) is 11.3. The Morgan fingerprint density at radius 2 is 1.78 bits per heavy atom. The van der Waals surface area contributed by atoms with Crippen molar-refractivity contribution in [3.8, 4) is 0 Å². The molecule has 0 spiro atoms. The van der Waals surface area contributed by atoms with Crippen LogP contribution in [0.3, 0.4) is 0 Å². The molecule has 0 amide bonds. The molecule has 1 aromatic rings. The van der Waals surface area contributed by atoms with Crippen molar-refractivity contribution >= 4 is 13.9 Å². The van der Waals surface area contributed by atoms with E-state index in [1.807, 2.05) is 6.07 Å². The van der Waals surface area contributed by atoms with Crippen LogP contribution in [0.5, 0.6) is 0 Å². The van der Waals surface area contributed by atoms with E-state index >= 15 is 0 Å². The van der Waals surface area contributed by atoms with Gasteiger partial charge in [0, 0.05) is 12.0 Å². The van der Waals surface area contributed by atoms with Crippen molar-refractivity contribution in [3.63, 3.8) is 0 Å². The number of fused-ring (bicyclic) bond motifs is 1. The fourth-order valence-electron chi connectivity index (χ4n) is 3.67. The maximum Gasteiger partial charge on any atom is 0.163 e. The van der Waals surface area contributed by atoms with Gasteiger partial charge in [-0.1, -0.05) is 62.7 Å². The molecule has 1 nitrogen and oxygen atoms in total. The van der Waals surface area contributed by atoms with Gasteiger partial charge in [-0.15, -0.1) is 0 Å². The van der Waals surface area contributed by atoms with Gasteiger partial charge in [-0.3, -0.25) is 4.79 Å². The summed E-state index contributed by atoms with van der Waals surface area (Å²) in [5.41, 5.74) is 4.25. The second kappa shape index (κ2) is 5.00. The van der Waals surface area contributed by atoms with Gasteiger partial charge >= 0.3 is 0 Å². The van der Waals surface area contributed by atoms with E-state index in [0.717, 1.165) is 12.0 Å². The average Bonchev–Trinajstić information content (AvgIpc) is 2.70. The zero-order valence-corrected chi connectivity index (χ0v) is 13.0. The van der Waals surface area contributed by atoms with Crippen LogP contribution in [-0.2, 0) is 0 Å². The summed E-state index contributed by atoms with van der Waals surface area (Å²) in [4.78, 5) is 12.2. The first kappa shape index (κ1) is 13.5. The lowest BCUT2D eigenvalue weighted by Gasteiger charge is -2.35. The molecule has 1 aromatic carbocycles. The van der Waals surface area contributed by atoms with Crippen LogP contribution in [0.15, 0.2) is 18.2 Å². The van der Waals surface area contributed by atoms with Crippen molar-refractivity contribution in [3.05, 3.63) is 34.9 Å². The molecular formula is C16H24OSi. The van der Waals surface area contributed by atoms with Gasteiger partial charge in [-0.2, -0.15) is 0 Å². The number of hydrogen-bond acceptors (Lipinski definition) is 1. The molecule has 0 saturated heterocycles. The van der Waals surface area contributed by atoms with Crippen molar-refractivity contribution in [1.82, 2.24) is 0 Å². The molecule has 0 N–H and O–H groups in total. The minimum atomic E-state index is -1.32. The molecule has 0 saturated carbocycles. The van der Waals surface area contributed by atoms with Gasteiger partial charge < -0.3 is 0 Å². The van der Waals surface area contributed by atoms with Crippen LogP contribution in [0.1, 0.15) is 54.2 Å². The van der Waals surface area contributed by atoms with Gasteiger partial charge in [-0.05, 0) is 18.0 Å². The molecule has 0 radical (unpaired) electrons. The molecule has 0 aromatic heterocycles. The fraction of sp³-hybridized carbons (Fsp3) is 0.562. The summed E-state index contributed by atoms with van der Waals surface area (Å²) in [6, 6.07) is 10.3. The number of benzene rings is 1. The quantitative estimate of drug-likeness (QED) is 0.716. The highest BCUT2D eigenvalue weighted by molar-refractivity contribution is 6.81. The number of rotatable bonds is 4. The van der Waals surface area contributed by atoms with E-state index in [1.54, 1.807) is 0 Å². The molecule has 2 heteroatoms. The highest BCUT2D eigenvalue weighted by Crippen LogP contribution is 2.44. The Balaban J connectivity index is 2.50. The number of ketones is 1. The molecule has 0 heterocycles. The fourth-order valence-corrected chi connectivity index (χ4v) is 8.16. The molecule has 0 aliphatic heterocycles. The van der Waals surface area contributed by atoms with Crippen molar-refractivity contribution in [2.75, 3.05) is 0 Å². The van der Waals surface area contributed by atoms with Gasteiger partial charge in [-0.25, -0.2) is 0 Å². The molecule has 1 aliphatic carbocycles. The molecular weight excluding hydrogens is 236 g/mol. The number of Topliss-reactive ketones (excluding diaryl/α,β-unsaturated/α-hetero) is 1. The van der Waals surface area contributed by atoms with Gasteiger partial charge in [0.1, 0.15) is 0 Å². The summed E-state index contributed by atoms with van der Waals surface area (Å²) in [6.45, 7) is 9.12. The molecule has 98 valence electrons. The lowest BCUT2D eigenvalue weighted by Crippen LogP contribution is -2.39. The largest absolute Gasteiger partial charge is 0.294 e. The van der Waals surface area contributed by atoms with Crippen molar-refractivity contribution in [1.29, 1.82) is 0 Å². The summed E-state index contributed by atoms with van der Waals surface area (Å²) in [6.07, 6.45) is 0.778. The second-order valence-corrected chi connectivity index (χ2v) is 11.2. The van der Waals surface area contributed by atoms with Crippen LogP contribution in [0.2, 0.25) is 18.1 Å². The predicted molar refractivity (Wildman–Crippen MR) is 80.1 cm³/mol. The minimum Gasteiger partial charge on any atom is -0.294 e. The lowest BCUT2D eigenvalue weighted by atomic mass is 10.1. The molecule has 1 atom stereocenters. The van der Waals surface area contributed by atoms with E-state index < -0.39 is 8.07 Å². The summed E-state index contributed by atoms with van der Waals surface area (Å²) >= 11 is 0. The van der Waals surface area contributed by atoms with Crippen molar-refractivity contribution < 1.29 is 4.79 Å². The Bertz CT molecular complexity index is 452. The Labute approximate surface area is 112 Å². The maximum atomic E-state index is 12.2. The Morgan fingerprint density at radius 1 is 1.17 bits per heavy atom. The van der Waals surface area contributed by atoms with Crippen LogP contribution in [0.25, 0.3) is 0 Å². The van der Waals surface area contributed by atoms with Crippen LogP contribution >= 0.6 is 0 Å². The van der Waals surface area contributed by atoms with E-state index in [-0.39, 0.29) is 0 Å². The number of hydrogen-bond donors (Lipinski definition) is 0. The maximum absolute atomic E-state index is 12.2. The molecule has 2 rings (SSSR count). The molecule has 0 bridgehead atoms. The predicted octanol–water partition coefficient (Wildman–Crippen LogP) is 4.71. The van der Waals surface area contributed by atoms with Gasteiger partial charge in [0.2, 0.25) is 0 Å². The highest BCUT2D eigenvalue weighted by Gasteiger charge is 2.43. The van der Waals surface area contributed by atoms with E-state index in [4.69, 9.17) is 0 Å². The van der Waals surface area contributed by atoms with Crippen molar-refractivity contribution in [2.45, 2.75) is 57.8 Å². The van der Waals surface area contributed by atoms with Gasteiger partial charge in [0.15, 0.2) is 5.78 Å². The molecule has 1 unspecified atom stereocenters. The third kappa shape index (κ3) is 1.97. The van der Waals surface area contributed by atoms with E-state index in [2.05, 4.69) is 39.8 Å². The van der Waals surface area contributed by atoms with Crippen molar-refractivity contribution in [2.24, 2.45) is 0 Å². The zero-order chi connectivity index (χ0) is 13.3. The summed E-state index contributed by atoms with van der Waals surface area (Å²) in [7, 11) is -1.32. The summed E-state index contributed by atoms with van der Waals surface area (Å²) < 4.78 is 0. The molecule has 1 aliphatic rings. The zero-order valence-electron chi connectivity index (χ0n) is 12.0. The third-order valence-electron chi connectivity index (χ3n) is 5.12. The average molecular weight is 260 g/mol. The normalized spacial score (nSPS) is 19.1. The Morgan fingerprint density at radius 3 is 2.33 bits per heavy atom. The Kier molecular flexibility index (Phi) is 3.76. The lowest BCUT2D eigenvalue weighted by molar-refractivity contribution is 0.0993. The summed E-state index contributed by atoms with van der Waals surface area (Å²) in [5.74, 6) is 0.377. The van der Waals surface area contributed by atoms with E-state index in [0.29, 0.717) is 11.3 Å². The SMILES string of the molecule is CC[Si](CC)(CC)C1CC(=O)c2ccc(C)cc21. The first-order chi connectivity index (χ1) is 8.57. The van der Waals surface area contributed by atoms with Gasteiger partial charge in [0.25, 0.3) is 0 Å². The number of carbonyl (C=O) groups excluding carboxylic acids is 1. The van der Waals surface area contributed by atoms with Crippen LogP contribution < -0.4 is 0 Å². The standard InChI is InChI=1S/C16H24OSi/c1-5-18(6-2,7-3)16-11-15(17)13-9-8-12(4)10-14(13)16/h8-10,16H,5-7,11H2,1-4H3. The topological polar surface area (TPSA) is 17.1 Å². The summed E-state index contributed by atoms with van der Waals surface area (Å²) in [5, 5.41) is 0. The minimum absolute atomic E-state index is 0.377. The first-order valence-corrected chi connectivity index (χ1v) is 9.91. The number of carbonyl (C=O) groups is 1. The monoisotopic (exact) mass is 260 g/mol. The van der Waals surface area contributed by atoms with Crippen LogP contribution in [0.4, 0.5) is 0 Å². The van der Waals surface area contributed by atoms with Crippen LogP contribution in [-0.4, -0.2) is 13.9 Å². The Hall–Kier alpha value is -0.893. The van der Waals surface area contributed by atoms with E-state index in [1.165, 1.54) is 29.3 Å².